The molecule has 30 heavy (non-hydrogen) atoms. The van der Waals surface area contributed by atoms with Gasteiger partial charge in [-0.15, -0.1) is 0 Å². The standard InChI is InChI=1S/C29H56S/c1-10-30(8,9)25-12-11-23(16-25)15-21(6)22(7)24-17-28(20(4)5)27-14-13-26(19(2)3)29(27)18-24/h19-29H,10-18H2,1-9H3. The number of rotatable bonds is 8. The summed E-state index contributed by atoms with van der Waals surface area (Å²) in [7, 11) is -0.348. The topological polar surface area (TPSA) is 0 Å². The Morgan fingerprint density at radius 3 is 2.00 bits per heavy atom. The number of hydrogen-bond donors (Lipinski definition) is 0. The molecule has 3 aliphatic rings. The lowest BCUT2D eigenvalue weighted by molar-refractivity contribution is 0.0312. The van der Waals surface area contributed by atoms with Crippen LogP contribution in [0.3, 0.4) is 0 Å². The highest BCUT2D eigenvalue weighted by Gasteiger charge is 2.48. The average molecular weight is 437 g/mol. The maximum absolute atomic E-state index is 2.65. The largest absolute Gasteiger partial charge is 0.244 e. The van der Waals surface area contributed by atoms with Gasteiger partial charge in [-0.25, -0.2) is 10.0 Å². The highest BCUT2D eigenvalue weighted by Crippen LogP contribution is 2.57. The van der Waals surface area contributed by atoms with Crippen LogP contribution in [-0.4, -0.2) is 23.5 Å². The molecule has 0 amide bonds. The number of hydrogen-bond acceptors (Lipinski definition) is 0. The number of fused-ring (bicyclic) bond motifs is 1. The molecule has 0 aromatic carbocycles. The van der Waals surface area contributed by atoms with Crippen LogP contribution in [0, 0.1) is 59.2 Å². The third kappa shape index (κ3) is 5.28. The molecule has 0 radical (unpaired) electrons. The Bertz CT molecular complexity index is 534. The third-order valence-corrected chi connectivity index (χ3v) is 14.6. The molecule has 9 unspecified atom stereocenters. The van der Waals surface area contributed by atoms with Gasteiger partial charge in [0.2, 0.25) is 0 Å². The van der Waals surface area contributed by atoms with Gasteiger partial charge in [0.05, 0.1) is 0 Å². The molecule has 0 heterocycles. The van der Waals surface area contributed by atoms with E-state index in [2.05, 4.69) is 61.0 Å². The van der Waals surface area contributed by atoms with E-state index >= 15 is 0 Å². The summed E-state index contributed by atoms with van der Waals surface area (Å²) < 4.78 is 0. The van der Waals surface area contributed by atoms with E-state index in [9.17, 15) is 0 Å². The Morgan fingerprint density at radius 2 is 1.40 bits per heavy atom. The van der Waals surface area contributed by atoms with Gasteiger partial charge in [-0.3, -0.25) is 0 Å². The lowest BCUT2D eigenvalue weighted by Crippen LogP contribution is -2.38. The van der Waals surface area contributed by atoms with Crippen molar-refractivity contribution in [3.05, 3.63) is 0 Å². The van der Waals surface area contributed by atoms with Gasteiger partial charge in [-0.05, 0) is 134 Å². The molecule has 178 valence electrons. The molecule has 0 aromatic rings. The van der Waals surface area contributed by atoms with Crippen molar-refractivity contribution >= 4 is 10.0 Å². The fraction of sp³-hybridized carbons (Fsp3) is 1.00. The molecule has 1 heteroatoms. The Labute approximate surface area is 192 Å². The van der Waals surface area contributed by atoms with Gasteiger partial charge in [0.25, 0.3) is 0 Å². The minimum atomic E-state index is -0.348. The van der Waals surface area contributed by atoms with Crippen LogP contribution in [0.25, 0.3) is 0 Å². The fourth-order valence-corrected chi connectivity index (χ4v) is 10.3. The Balaban J connectivity index is 1.62. The van der Waals surface area contributed by atoms with E-state index in [1.54, 1.807) is 12.8 Å². The zero-order valence-electron chi connectivity index (χ0n) is 22.1. The van der Waals surface area contributed by atoms with Gasteiger partial charge in [-0.2, -0.15) is 0 Å². The summed E-state index contributed by atoms with van der Waals surface area (Å²) in [6, 6.07) is 0. The molecule has 3 saturated carbocycles. The molecule has 3 aliphatic carbocycles. The summed E-state index contributed by atoms with van der Waals surface area (Å²) in [6.07, 6.45) is 17.5. The summed E-state index contributed by atoms with van der Waals surface area (Å²) in [6.45, 7) is 17.8. The van der Waals surface area contributed by atoms with Crippen molar-refractivity contribution in [2.75, 3.05) is 18.3 Å². The van der Waals surface area contributed by atoms with Crippen LogP contribution in [-0.2, 0) is 0 Å². The lowest BCUT2D eigenvalue weighted by atomic mass is 9.59. The van der Waals surface area contributed by atoms with Crippen molar-refractivity contribution in [2.45, 2.75) is 105 Å². The summed E-state index contributed by atoms with van der Waals surface area (Å²) in [4.78, 5) is 0. The summed E-state index contributed by atoms with van der Waals surface area (Å²) >= 11 is 0. The van der Waals surface area contributed by atoms with Crippen LogP contribution < -0.4 is 0 Å². The molecule has 0 spiro atoms. The first kappa shape index (κ1) is 25.0. The quantitative estimate of drug-likeness (QED) is 0.356. The minimum Gasteiger partial charge on any atom is -0.244 e. The molecule has 0 aliphatic heterocycles. The van der Waals surface area contributed by atoms with Crippen molar-refractivity contribution < 1.29 is 0 Å². The molecule has 0 nitrogen and oxygen atoms in total. The Morgan fingerprint density at radius 1 is 0.733 bits per heavy atom. The molecule has 3 rings (SSSR count). The maximum atomic E-state index is 2.65. The maximum Gasteiger partial charge on any atom is -0.0114 e. The molecule has 0 saturated heterocycles. The van der Waals surface area contributed by atoms with Crippen LogP contribution in [0.4, 0.5) is 0 Å². The first-order chi connectivity index (χ1) is 14.0. The van der Waals surface area contributed by atoms with Crippen LogP contribution >= 0.6 is 10.0 Å². The smallest absolute Gasteiger partial charge is 0.0114 e. The SMILES string of the molecule is CCS(C)(C)C1CCC(CC(C)C(C)C2CC(C(C)C)C3CCC(C(C)C)C3C2)C1. The highest BCUT2D eigenvalue weighted by molar-refractivity contribution is 8.33. The predicted octanol–water partition coefficient (Wildman–Crippen LogP) is 8.88. The summed E-state index contributed by atoms with van der Waals surface area (Å²) in [5, 5.41) is 1.06. The van der Waals surface area contributed by atoms with Crippen LogP contribution in [0.2, 0.25) is 0 Å². The van der Waals surface area contributed by atoms with Gasteiger partial charge in [-0.1, -0.05) is 48.5 Å². The predicted molar refractivity (Wildman–Crippen MR) is 140 cm³/mol. The molecule has 0 N–H and O–H groups in total. The summed E-state index contributed by atoms with van der Waals surface area (Å²) in [5.74, 6) is 11.1. The Hall–Kier alpha value is 0.350. The second-order valence-corrected chi connectivity index (χ2v) is 17.7. The van der Waals surface area contributed by atoms with Gasteiger partial charge in [0, 0.05) is 0 Å². The second kappa shape index (κ2) is 10.1. The average Bonchev–Trinajstić information content (AvgIpc) is 3.33. The van der Waals surface area contributed by atoms with Crippen molar-refractivity contribution in [2.24, 2.45) is 59.2 Å². The van der Waals surface area contributed by atoms with E-state index in [-0.39, 0.29) is 10.0 Å². The first-order valence-corrected chi connectivity index (χ1v) is 16.4. The van der Waals surface area contributed by atoms with E-state index in [0.717, 1.165) is 64.4 Å². The molecular formula is C29H56S. The van der Waals surface area contributed by atoms with Gasteiger partial charge < -0.3 is 0 Å². The van der Waals surface area contributed by atoms with Crippen LogP contribution in [0.1, 0.15) is 99.8 Å². The Kier molecular flexibility index (Phi) is 8.40. The lowest BCUT2D eigenvalue weighted by Gasteiger charge is -2.46. The minimum absolute atomic E-state index is 0.348. The van der Waals surface area contributed by atoms with Crippen LogP contribution in [0.15, 0.2) is 0 Å². The van der Waals surface area contributed by atoms with Gasteiger partial charge in [0.15, 0.2) is 0 Å². The second-order valence-electron chi connectivity index (χ2n) is 13.2. The monoisotopic (exact) mass is 436 g/mol. The van der Waals surface area contributed by atoms with E-state index in [1.807, 2.05) is 0 Å². The van der Waals surface area contributed by atoms with E-state index in [0.29, 0.717) is 0 Å². The molecule has 0 bridgehead atoms. The zero-order valence-corrected chi connectivity index (χ0v) is 22.9. The van der Waals surface area contributed by atoms with E-state index in [4.69, 9.17) is 0 Å². The zero-order chi connectivity index (χ0) is 22.2. The highest BCUT2D eigenvalue weighted by atomic mass is 32.3. The molecule has 0 aromatic heterocycles. The normalized spacial score (nSPS) is 40.0. The van der Waals surface area contributed by atoms with E-state index in [1.165, 1.54) is 44.3 Å². The van der Waals surface area contributed by atoms with Crippen molar-refractivity contribution in [3.8, 4) is 0 Å². The van der Waals surface area contributed by atoms with Crippen molar-refractivity contribution in [1.29, 1.82) is 0 Å². The first-order valence-electron chi connectivity index (χ1n) is 13.7. The molecule has 3 fully saturated rings. The van der Waals surface area contributed by atoms with Crippen LogP contribution in [0.5, 0.6) is 0 Å². The third-order valence-electron chi connectivity index (χ3n) is 10.8. The fourth-order valence-electron chi connectivity index (χ4n) is 8.27. The molecule has 9 atom stereocenters. The van der Waals surface area contributed by atoms with Crippen molar-refractivity contribution in [3.63, 3.8) is 0 Å². The van der Waals surface area contributed by atoms with E-state index < -0.39 is 0 Å². The van der Waals surface area contributed by atoms with Crippen molar-refractivity contribution in [1.82, 2.24) is 0 Å². The summed E-state index contributed by atoms with van der Waals surface area (Å²) in [5.41, 5.74) is 0. The molecular weight excluding hydrogens is 380 g/mol. The van der Waals surface area contributed by atoms with Gasteiger partial charge >= 0.3 is 0 Å². The van der Waals surface area contributed by atoms with Gasteiger partial charge in [0.1, 0.15) is 0 Å².